The molecule has 0 radical (unpaired) electrons. The van der Waals surface area contributed by atoms with Gasteiger partial charge in [0.1, 0.15) is 23.4 Å². The molecule has 1 amide bonds. The van der Waals surface area contributed by atoms with E-state index in [-0.39, 0.29) is 32.1 Å². The number of benzene rings is 2. The number of amides is 1. The van der Waals surface area contributed by atoms with Crippen LogP contribution in [0.3, 0.4) is 0 Å². The van der Waals surface area contributed by atoms with Gasteiger partial charge in [-0.05, 0) is 54.8 Å². The molecule has 1 aliphatic carbocycles. The highest BCUT2D eigenvalue weighted by Crippen LogP contribution is 2.39. The number of halogens is 7. The predicted octanol–water partition coefficient (Wildman–Crippen LogP) is 5.29. The number of nitrogens with zero attached hydrogens (tertiary/aromatic N) is 5. The number of alkyl halides is 7. The van der Waals surface area contributed by atoms with Gasteiger partial charge in [-0.25, -0.2) is 18.4 Å². The van der Waals surface area contributed by atoms with Crippen molar-refractivity contribution in [1.82, 2.24) is 24.6 Å². The van der Waals surface area contributed by atoms with Gasteiger partial charge in [-0.2, -0.15) is 26.9 Å². The first-order valence-corrected chi connectivity index (χ1v) is 16.8. The second-order valence-corrected chi connectivity index (χ2v) is 14.0. The number of hydrogen-bond acceptors (Lipinski definition) is 10. The summed E-state index contributed by atoms with van der Waals surface area (Å²) < 4.78 is 127. The lowest BCUT2D eigenvalue weighted by Crippen LogP contribution is -2.60. The van der Waals surface area contributed by atoms with E-state index in [2.05, 4.69) is 29.7 Å². The van der Waals surface area contributed by atoms with Crippen LogP contribution < -0.4 is 19.7 Å². The molecule has 11 nitrogen and oxygen atoms in total. The average Bonchev–Trinajstić information content (AvgIpc) is 3.81. The molecule has 1 saturated carbocycles. The minimum atomic E-state index is -4.89. The molecule has 0 spiro atoms. The van der Waals surface area contributed by atoms with Crippen LogP contribution in [-0.2, 0) is 21.4 Å². The number of nitrogens with one attached hydrogen (secondary N) is 1. The molecule has 4 aromatic rings. The van der Waals surface area contributed by atoms with Crippen LogP contribution in [-0.4, -0.2) is 78.2 Å². The topological polar surface area (TPSA) is 127 Å². The summed E-state index contributed by atoms with van der Waals surface area (Å²) >= 11 is 1.26. The van der Waals surface area contributed by atoms with Crippen molar-refractivity contribution >= 4 is 42.7 Å². The summed E-state index contributed by atoms with van der Waals surface area (Å²) in [6.07, 6.45) is -10.2. The molecule has 2 aromatic heterocycles. The van der Waals surface area contributed by atoms with Crippen molar-refractivity contribution in [2.24, 2.45) is 0 Å². The first-order chi connectivity index (χ1) is 23.1. The molecule has 262 valence electrons. The standard InChI is InChI=1S/C29H25F7N6O5S2/c30-26(31)28(32,33)46-18-7-9-20(10-8-18)49(44,45)42-12-11-41(27-40-24-22(48-27)14-37-23(39-24)17-3-4-17)15-21(42)25(43)38-13-16-1-5-19(6-2-16)47-29(34,35)36/h1-2,5-10,14,17,21,26H,3-4,11-13,15H2,(H,38,43)/t21-/m1/s1. The van der Waals surface area contributed by atoms with E-state index in [1.807, 2.05) is 0 Å². The van der Waals surface area contributed by atoms with E-state index in [4.69, 9.17) is 0 Å². The third kappa shape index (κ3) is 7.96. The summed E-state index contributed by atoms with van der Waals surface area (Å²) in [5, 5.41) is 3.08. The number of anilines is 1. The summed E-state index contributed by atoms with van der Waals surface area (Å²) in [5.41, 5.74) is 0.850. The van der Waals surface area contributed by atoms with Gasteiger partial charge < -0.3 is 19.7 Å². The van der Waals surface area contributed by atoms with E-state index in [0.29, 0.717) is 26.9 Å². The molecule has 2 fully saturated rings. The van der Waals surface area contributed by atoms with E-state index in [1.165, 1.54) is 23.5 Å². The van der Waals surface area contributed by atoms with Gasteiger partial charge in [-0.1, -0.05) is 23.5 Å². The van der Waals surface area contributed by atoms with Crippen LogP contribution in [0.4, 0.5) is 35.9 Å². The highest BCUT2D eigenvalue weighted by atomic mass is 32.2. The minimum absolute atomic E-state index is 0.0915. The van der Waals surface area contributed by atoms with Crippen LogP contribution in [0, 0.1) is 0 Å². The molecule has 1 N–H and O–H groups in total. The van der Waals surface area contributed by atoms with Crippen molar-refractivity contribution in [2.75, 3.05) is 24.5 Å². The lowest BCUT2D eigenvalue weighted by atomic mass is 10.1. The summed E-state index contributed by atoms with van der Waals surface area (Å²) in [7, 11) is -4.49. The third-order valence-electron chi connectivity index (χ3n) is 7.57. The number of ether oxygens (including phenoxy) is 2. The van der Waals surface area contributed by atoms with Crippen molar-refractivity contribution in [1.29, 1.82) is 0 Å². The van der Waals surface area contributed by atoms with E-state index in [9.17, 15) is 43.9 Å². The fraction of sp³-hybridized carbons (Fsp3) is 0.379. The minimum Gasteiger partial charge on any atom is -0.428 e. The van der Waals surface area contributed by atoms with Gasteiger partial charge in [0.25, 0.3) is 0 Å². The van der Waals surface area contributed by atoms with Crippen LogP contribution in [0.15, 0.2) is 59.6 Å². The number of fused-ring (bicyclic) bond motifs is 1. The second-order valence-electron chi connectivity index (χ2n) is 11.1. The molecule has 1 saturated heterocycles. The van der Waals surface area contributed by atoms with E-state index in [0.717, 1.165) is 53.5 Å². The molecule has 2 aliphatic rings. The average molecular weight is 735 g/mol. The first-order valence-electron chi connectivity index (χ1n) is 14.6. The number of carbonyl (C=O) groups excluding carboxylic acids is 1. The number of thiazole rings is 1. The molecular formula is C29H25F7N6O5S2. The molecule has 1 atom stereocenters. The van der Waals surface area contributed by atoms with E-state index in [1.54, 1.807) is 11.1 Å². The second kappa shape index (κ2) is 13.2. The Kier molecular flexibility index (Phi) is 9.31. The Labute approximate surface area is 277 Å². The fourth-order valence-electron chi connectivity index (χ4n) is 4.99. The van der Waals surface area contributed by atoms with Crippen LogP contribution in [0.5, 0.6) is 11.5 Å². The Balaban J connectivity index is 1.23. The van der Waals surface area contributed by atoms with E-state index >= 15 is 0 Å². The van der Waals surface area contributed by atoms with Gasteiger partial charge in [-0.3, -0.25) is 4.79 Å². The molecule has 1 aliphatic heterocycles. The zero-order valence-electron chi connectivity index (χ0n) is 24.9. The zero-order chi connectivity index (χ0) is 35.1. The maximum absolute atomic E-state index is 13.8. The smallest absolute Gasteiger partial charge is 0.428 e. The highest BCUT2D eigenvalue weighted by Gasteiger charge is 2.44. The Morgan fingerprint density at radius 2 is 1.61 bits per heavy atom. The van der Waals surface area contributed by atoms with Crippen LogP contribution in [0.25, 0.3) is 10.3 Å². The Bertz CT molecular complexity index is 1920. The summed E-state index contributed by atoms with van der Waals surface area (Å²) in [6, 6.07) is 6.70. The number of rotatable bonds is 11. The van der Waals surface area contributed by atoms with Crippen LogP contribution in [0.2, 0.25) is 0 Å². The highest BCUT2D eigenvalue weighted by molar-refractivity contribution is 7.89. The molecule has 0 unspecified atom stereocenters. The van der Waals surface area contributed by atoms with Gasteiger partial charge in [-0.15, -0.1) is 13.2 Å². The maximum atomic E-state index is 13.8. The number of sulfonamides is 1. The lowest BCUT2D eigenvalue weighted by molar-refractivity contribution is -0.274. The van der Waals surface area contributed by atoms with Crippen molar-refractivity contribution < 1.29 is 53.4 Å². The largest absolute Gasteiger partial charge is 0.573 e. The van der Waals surface area contributed by atoms with Crippen molar-refractivity contribution in [3.8, 4) is 11.5 Å². The van der Waals surface area contributed by atoms with Crippen LogP contribution >= 0.6 is 11.3 Å². The van der Waals surface area contributed by atoms with Gasteiger partial charge >= 0.3 is 18.9 Å². The Hall–Kier alpha value is -4.30. The number of piperazine rings is 1. The van der Waals surface area contributed by atoms with Gasteiger partial charge in [0.15, 0.2) is 10.8 Å². The SMILES string of the molecule is O=C(NCc1ccc(OC(F)(F)F)cc1)[C@H]1CN(c2nc3nc(C4CC4)ncc3s2)CCN1S(=O)(=O)c1ccc(OC(F)(F)C(F)F)cc1. The van der Waals surface area contributed by atoms with Gasteiger partial charge in [0, 0.05) is 32.1 Å². The van der Waals surface area contributed by atoms with E-state index < -0.39 is 57.3 Å². The molecule has 49 heavy (non-hydrogen) atoms. The van der Waals surface area contributed by atoms with Crippen molar-refractivity contribution in [2.45, 2.75) is 55.1 Å². The molecular weight excluding hydrogens is 709 g/mol. The van der Waals surface area contributed by atoms with Gasteiger partial charge in [0.05, 0.1) is 15.8 Å². The monoisotopic (exact) mass is 734 g/mol. The van der Waals surface area contributed by atoms with Crippen LogP contribution in [0.1, 0.15) is 30.1 Å². The lowest BCUT2D eigenvalue weighted by Gasteiger charge is -2.39. The third-order valence-corrected chi connectivity index (χ3v) is 10.5. The number of carbonyl (C=O) groups is 1. The normalized spacial score (nSPS) is 17.8. The fourth-order valence-corrected chi connectivity index (χ4v) is 7.47. The first kappa shape index (κ1) is 34.6. The summed E-state index contributed by atoms with van der Waals surface area (Å²) in [4.78, 5) is 28.5. The van der Waals surface area contributed by atoms with Crippen molar-refractivity contribution in [3.05, 3.63) is 66.1 Å². The summed E-state index contributed by atoms with van der Waals surface area (Å²) in [6.45, 7) is -0.483. The molecule has 20 heteroatoms. The predicted molar refractivity (Wildman–Crippen MR) is 160 cm³/mol. The summed E-state index contributed by atoms with van der Waals surface area (Å²) in [5.74, 6) is -0.964. The number of aromatic nitrogens is 3. The molecule has 3 heterocycles. The number of hydrogen-bond donors (Lipinski definition) is 1. The molecule has 2 aromatic carbocycles. The zero-order valence-corrected chi connectivity index (χ0v) is 26.5. The van der Waals surface area contributed by atoms with Crippen molar-refractivity contribution in [3.63, 3.8) is 0 Å². The maximum Gasteiger partial charge on any atom is 0.573 e. The molecule has 6 rings (SSSR count). The quantitative estimate of drug-likeness (QED) is 0.205. The Morgan fingerprint density at radius 3 is 2.24 bits per heavy atom. The van der Waals surface area contributed by atoms with Gasteiger partial charge in [0.2, 0.25) is 15.9 Å². The Morgan fingerprint density at radius 1 is 0.959 bits per heavy atom. The molecule has 0 bridgehead atoms.